The number of methoxy groups -OCH3 is 1. The Morgan fingerprint density at radius 3 is 2.79 bits per heavy atom. The molecule has 0 saturated carbocycles. The Morgan fingerprint density at radius 2 is 2.08 bits per heavy atom. The molecule has 3 rings (SSSR count). The lowest BCUT2D eigenvalue weighted by atomic mass is 10.1. The molecule has 0 aliphatic carbocycles. The summed E-state index contributed by atoms with van der Waals surface area (Å²) in [5.74, 6) is 0.797. The number of hydrogen-bond acceptors (Lipinski definition) is 6. The van der Waals surface area contributed by atoms with Crippen LogP contribution in [0.4, 0.5) is 0 Å². The number of nitrogens with zero attached hydrogens (tertiary/aromatic N) is 3. The Kier molecular flexibility index (Phi) is 4.97. The van der Waals surface area contributed by atoms with Gasteiger partial charge in [-0.2, -0.15) is 0 Å². The largest absolute Gasteiger partial charge is 0.491 e. The highest BCUT2D eigenvalue weighted by atomic mass is 16.5. The van der Waals surface area contributed by atoms with Crippen molar-refractivity contribution in [1.82, 2.24) is 14.9 Å². The maximum atomic E-state index is 10.7. The van der Waals surface area contributed by atoms with Crippen molar-refractivity contribution in [3.8, 4) is 11.8 Å². The zero-order valence-corrected chi connectivity index (χ0v) is 14.1. The molecule has 1 aromatic carbocycles. The standard InChI is InChI=1S/C18H23N3O3/c1-14-4-3-5-16(8-14)24-13-18(22)6-7-21(12-18)11-15-9-19-17(23-2)20-10-15/h3-5,8-10,22H,6-7,11-13H2,1-2H3. The number of β-amino-alcohol motifs (C(OH)–C–C–N with tert-alkyl or cyclic N) is 1. The van der Waals surface area contributed by atoms with Gasteiger partial charge in [-0.05, 0) is 31.0 Å². The molecule has 1 unspecified atom stereocenters. The van der Waals surface area contributed by atoms with Crippen LogP contribution in [0, 0.1) is 6.92 Å². The Morgan fingerprint density at radius 1 is 1.29 bits per heavy atom. The fourth-order valence-electron chi connectivity index (χ4n) is 2.90. The van der Waals surface area contributed by atoms with E-state index in [-0.39, 0.29) is 0 Å². The van der Waals surface area contributed by atoms with Gasteiger partial charge in [0, 0.05) is 37.6 Å². The second kappa shape index (κ2) is 7.15. The molecule has 24 heavy (non-hydrogen) atoms. The molecule has 0 amide bonds. The van der Waals surface area contributed by atoms with E-state index in [2.05, 4.69) is 14.9 Å². The molecule has 6 nitrogen and oxygen atoms in total. The molecule has 1 N–H and O–H groups in total. The van der Waals surface area contributed by atoms with Crippen molar-refractivity contribution in [1.29, 1.82) is 0 Å². The minimum Gasteiger partial charge on any atom is -0.491 e. The summed E-state index contributed by atoms with van der Waals surface area (Å²) in [5.41, 5.74) is 1.32. The lowest BCUT2D eigenvalue weighted by molar-refractivity contribution is 0.00335. The summed E-state index contributed by atoms with van der Waals surface area (Å²) in [4.78, 5) is 10.4. The van der Waals surface area contributed by atoms with Crippen LogP contribution in [-0.4, -0.2) is 52.4 Å². The third-order valence-electron chi connectivity index (χ3n) is 4.18. The second-order valence-corrected chi connectivity index (χ2v) is 6.37. The normalized spacial score (nSPS) is 21.0. The summed E-state index contributed by atoms with van der Waals surface area (Å²) < 4.78 is 10.7. The van der Waals surface area contributed by atoms with Gasteiger partial charge in [-0.25, -0.2) is 9.97 Å². The number of ether oxygens (including phenoxy) is 2. The van der Waals surface area contributed by atoms with Crippen molar-refractivity contribution in [2.75, 3.05) is 26.8 Å². The smallest absolute Gasteiger partial charge is 0.316 e. The van der Waals surface area contributed by atoms with E-state index in [0.29, 0.717) is 32.1 Å². The molecule has 6 heteroatoms. The number of aromatic nitrogens is 2. The van der Waals surface area contributed by atoms with Crippen LogP contribution in [0.25, 0.3) is 0 Å². The van der Waals surface area contributed by atoms with Crippen molar-refractivity contribution in [3.63, 3.8) is 0 Å². The van der Waals surface area contributed by atoms with Crippen LogP contribution in [0.3, 0.4) is 0 Å². The first-order valence-electron chi connectivity index (χ1n) is 8.05. The van der Waals surface area contributed by atoms with Gasteiger partial charge in [0.15, 0.2) is 0 Å². The molecule has 1 fully saturated rings. The molecule has 128 valence electrons. The van der Waals surface area contributed by atoms with Gasteiger partial charge in [-0.1, -0.05) is 12.1 Å². The van der Waals surface area contributed by atoms with Gasteiger partial charge in [0.1, 0.15) is 18.0 Å². The van der Waals surface area contributed by atoms with Crippen molar-refractivity contribution in [2.24, 2.45) is 0 Å². The maximum Gasteiger partial charge on any atom is 0.316 e. The van der Waals surface area contributed by atoms with E-state index >= 15 is 0 Å². The number of hydrogen-bond donors (Lipinski definition) is 1. The molecule has 1 atom stereocenters. The zero-order valence-electron chi connectivity index (χ0n) is 14.1. The molecule has 2 aromatic rings. The fraction of sp³-hybridized carbons (Fsp3) is 0.444. The van der Waals surface area contributed by atoms with Crippen LogP contribution in [0.2, 0.25) is 0 Å². The quantitative estimate of drug-likeness (QED) is 0.872. The van der Waals surface area contributed by atoms with Gasteiger partial charge in [0.2, 0.25) is 0 Å². The van der Waals surface area contributed by atoms with Gasteiger partial charge >= 0.3 is 6.01 Å². The summed E-state index contributed by atoms with van der Waals surface area (Å²) in [6.07, 6.45) is 4.20. The van der Waals surface area contributed by atoms with Gasteiger partial charge in [0.25, 0.3) is 0 Å². The first-order chi connectivity index (χ1) is 11.6. The number of rotatable bonds is 6. The fourth-order valence-corrected chi connectivity index (χ4v) is 2.90. The van der Waals surface area contributed by atoms with Gasteiger partial charge in [-0.3, -0.25) is 4.90 Å². The van der Waals surface area contributed by atoms with Crippen LogP contribution in [0.15, 0.2) is 36.7 Å². The topological polar surface area (TPSA) is 67.7 Å². The van der Waals surface area contributed by atoms with E-state index in [9.17, 15) is 5.11 Å². The molecule has 0 bridgehead atoms. The molecule has 1 saturated heterocycles. The molecule has 1 aromatic heterocycles. The third-order valence-corrected chi connectivity index (χ3v) is 4.18. The summed E-state index contributed by atoms with van der Waals surface area (Å²) in [7, 11) is 1.55. The summed E-state index contributed by atoms with van der Waals surface area (Å²) in [6, 6.07) is 8.24. The minimum absolute atomic E-state index is 0.298. The molecule has 0 radical (unpaired) electrons. The van der Waals surface area contributed by atoms with E-state index in [1.54, 1.807) is 19.5 Å². The molecule has 1 aliphatic rings. The summed E-state index contributed by atoms with van der Waals surface area (Å²) in [5, 5.41) is 10.7. The van der Waals surface area contributed by atoms with Crippen LogP contribution < -0.4 is 9.47 Å². The van der Waals surface area contributed by atoms with Gasteiger partial charge in [0.05, 0.1) is 7.11 Å². The summed E-state index contributed by atoms with van der Waals surface area (Å²) in [6.45, 7) is 4.42. The van der Waals surface area contributed by atoms with Gasteiger partial charge in [-0.15, -0.1) is 0 Å². The molecule has 2 heterocycles. The summed E-state index contributed by atoms with van der Waals surface area (Å²) >= 11 is 0. The number of likely N-dealkylation sites (tertiary alicyclic amines) is 1. The van der Waals surface area contributed by atoms with E-state index in [1.807, 2.05) is 31.2 Å². The number of aliphatic hydroxyl groups is 1. The van der Waals surface area contributed by atoms with Crippen molar-refractivity contribution >= 4 is 0 Å². The van der Waals surface area contributed by atoms with Crippen molar-refractivity contribution < 1.29 is 14.6 Å². The maximum absolute atomic E-state index is 10.7. The lowest BCUT2D eigenvalue weighted by Crippen LogP contribution is -2.39. The number of benzene rings is 1. The Hall–Kier alpha value is -2.18. The van der Waals surface area contributed by atoms with Crippen LogP contribution >= 0.6 is 0 Å². The average Bonchev–Trinajstić information content (AvgIpc) is 2.95. The molecule has 0 spiro atoms. The van der Waals surface area contributed by atoms with E-state index in [1.165, 1.54) is 0 Å². The predicted molar refractivity (Wildman–Crippen MR) is 90.1 cm³/mol. The van der Waals surface area contributed by atoms with E-state index in [0.717, 1.165) is 23.4 Å². The van der Waals surface area contributed by atoms with Gasteiger partial charge < -0.3 is 14.6 Å². The molecular formula is C18H23N3O3. The molecule has 1 aliphatic heterocycles. The minimum atomic E-state index is -0.822. The Labute approximate surface area is 142 Å². The number of aryl methyl sites for hydroxylation is 1. The van der Waals surface area contributed by atoms with E-state index in [4.69, 9.17) is 9.47 Å². The average molecular weight is 329 g/mol. The van der Waals surface area contributed by atoms with Crippen LogP contribution in [-0.2, 0) is 6.54 Å². The van der Waals surface area contributed by atoms with Crippen molar-refractivity contribution in [2.45, 2.75) is 25.5 Å². The highest BCUT2D eigenvalue weighted by Crippen LogP contribution is 2.24. The van der Waals surface area contributed by atoms with Crippen LogP contribution in [0.1, 0.15) is 17.5 Å². The van der Waals surface area contributed by atoms with Crippen LogP contribution in [0.5, 0.6) is 11.8 Å². The highest BCUT2D eigenvalue weighted by molar-refractivity contribution is 5.27. The lowest BCUT2D eigenvalue weighted by Gasteiger charge is -2.23. The second-order valence-electron chi connectivity index (χ2n) is 6.37. The SMILES string of the molecule is COc1ncc(CN2CCC(O)(COc3cccc(C)c3)C2)cn1. The monoisotopic (exact) mass is 329 g/mol. The third kappa shape index (κ3) is 4.21. The van der Waals surface area contributed by atoms with E-state index < -0.39 is 5.60 Å². The first kappa shape index (κ1) is 16.7. The van der Waals surface area contributed by atoms with Crippen molar-refractivity contribution in [3.05, 3.63) is 47.8 Å². The zero-order chi connectivity index (χ0) is 17.0. The Balaban J connectivity index is 1.53. The highest BCUT2D eigenvalue weighted by Gasteiger charge is 2.36. The first-order valence-corrected chi connectivity index (χ1v) is 8.05. The Bertz CT molecular complexity index is 677. The molecular weight excluding hydrogens is 306 g/mol. The predicted octanol–water partition coefficient (Wildman–Crippen LogP) is 1.81.